The van der Waals surface area contributed by atoms with Crippen molar-refractivity contribution in [3.05, 3.63) is 0 Å². The van der Waals surface area contributed by atoms with E-state index in [1.165, 1.54) is 11.8 Å². The first-order chi connectivity index (χ1) is 5.42. The molecule has 1 heterocycles. The predicted octanol–water partition coefficient (Wildman–Crippen LogP) is 0.294. The van der Waals surface area contributed by atoms with Gasteiger partial charge in [0, 0.05) is 13.0 Å². The zero-order valence-corrected chi connectivity index (χ0v) is 7.51. The molecule has 2 atom stereocenters. The fraction of sp³-hybridized carbons (Fsp3) is 0.875. The largest absolute Gasteiger partial charge is 0.338 e. The zero-order valence-electron chi connectivity index (χ0n) is 7.51. The number of rotatable bonds is 1. The lowest BCUT2D eigenvalue weighted by atomic mass is 10.1. The van der Waals surface area contributed by atoms with Crippen LogP contribution in [-0.4, -0.2) is 35.6 Å². The third-order valence-electron chi connectivity index (χ3n) is 2.12. The number of carbonyl (C=O) groups is 1. The Bertz CT molecular complexity index is 191. The van der Waals surface area contributed by atoms with Gasteiger partial charge in [0.1, 0.15) is 5.67 Å². The molecule has 1 rings (SSSR count). The quantitative estimate of drug-likeness (QED) is 0.621. The molecule has 0 aromatic rings. The summed E-state index contributed by atoms with van der Waals surface area (Å²) >= 11 is 0. The van der Waals surface area contributed by atoms with Gasteiger partial charge in [-0.2, -0.15) is 0 Å². The molecule has 0 bridgehead atoms. The number of likely N-dealkylation sites (tertiary alicyclic amines) is 1. The summed E-state index contributed by atoms with van der Waals surface area (Å²) in [6.07, 6.45) is 0.422. The molecule has 1 unspecified atom stereocenters. The predicted molar refractivity (Wildman–Crippen MR) is 44.4 cm³/mol. The molecule has 4 heteroatoms. The zero-order chi connectivity index (χ0) is 9.35. The smallest absolute Gasteiger partial charge is 0.239 e. The van der Waals surface area contributed by atoms with E-state index in [4.69, 9.17) is 5.73 Å². The first-order valence-electron chi connectivity index (χ1n) is 4.16. The number of nitrogens with zero attached hydrogens (tertiary/aromatic N) is 1. The number of carbonyl (C=O) groups excluding carboxylic acids is 1. The van der Waals surface area contributed by atoms with Gasteiger partial charge in [-0.25, -0.2) is 4.39 Å². The van der Waals surface area contributed by atoms with Gasteiger partial charge in [-0.1, -0.05) is 0 Å². The summed E-state index contributed by atoms with van der Waals surface area (Å²) in [5.74, 6) is -0.156. The summed E-state index contributed by atoms with van der Waals surface area (Å²) < 4.78 is 13.3. The Kier molecular flexibility index (Phi) is 2.37. The maximum absolute atomic E-state index is 13.3. The number of hydrogen-bond donors (Lipinski definition) is 1. The summed E-state index contributed by atoms with van der Waals surface area (Å²) in [6.45, 7) is 3.82. The van der Waals surface area contributed by atoms with E-state index in [1.807, 2.05) is 0 Å². The number of nitrogens with two attached hydrogens (primary N) is 1. The molecule has 70 valence electrons. The van der Waals surface area contributed by atoms with Crippen LogP contribution in [0, 0.1) is 0 Å². The Morgan fingerprint density at radius 3 is 2.67 bits per heavy atom. The highest BCUT2D eigenvalue weighted by molar-refractivity contribution is 5.81. The second-order valence-electron chi connectivity index (χ2n) is 3.71. The van der Waals surface area contributed by atoms with Crippen molar-refractivity contribution in [1.82, 2.24) is 4.90 Å². The van der Waals surface area contributed by atoms with Gasteiger partial charge in [-0.3, -0.25) is 4.79 Å². The van der Waals surface area contributed by atoms with E-state index < -0.39 is 11.7 Å². The normalized spacial score (nSPS) is 32.2. The van der Waals surface area contributed by atoms with Crippen molar-refractivity contribution < 1.29 is 9.18 Å². The molecule has 12 heavy (non-hydrogen) atoms. The van der Waals surface area contributed by atoms with Gasteiger partial charge >= 0.3 is 0 Å². The highest BCUT2D eigenvalue weighted by atomic mass is 19.1. The van der Waals surface area contributed by atoms with Crippen LogP contribution in [0.1, 0.15) is 20.3 Å². The molecular formula is C8H15FN2O. The minimum absolute atomic E-state index is 0.156. The molecule has 3 nitrogen and oxygen atoms in total. The molecule has 1 aliphatic heterocycles. The van der Waals surface area contributed by atoms with Crippen molar-refractivity contribution in [3.8, 4) is 0 Å². The van der Waals surface area contributed by atoms with Crippen LogP contribution in [0.5, 0.6) is 0 Å². The van der Waals surface area contributed by atoms with Gasteiger partial charge in [0.15, 0.2) is 0 Å². The summed E-state index contributed by atoms with van der Waals surface area (Å²) in [6, 6.07) is -0.515. The van der Waals surface area contributed by atoms with Crippen LogP contribution in [0.2, 0.25) is 0 Å². The Labute approximate surface area is 71.7 Å². The van der Waals surface area contributed by atoms with Crippen LogP contribution in [0.3, 0.4) is 0 Å². The monoisotopic (exact) mass is 174 g/mol. The average molecular weight is 174 g/mol. The second kappa shape index (κ2) is 3.01. The van der Waals surface area contributed by atoms with E-state index >= 15 is 0 Å². The van der Waals surface area contributed by atoms with Crippen LogP contribution in [0.25, 0.3) is 0 Å². The standard InChI is InChI=1S/C8H15FN2O/c1-6(10)7(12)11-4-3-8(2,9)5-11/h6H,3-5,10H2,1-2H3/t6-,8?/m1/s1. The van der Waals surface area contributed by atoms with Crippen LogP contribution >= 0.6 is 0 Å². The molecule has 0 radical (unpaired) electrons. The molecule has 1 fully saturated rings. The fourth-order valence-electron chi connectivity index (χ4n) is 1.40. The lowest BCUT2D eigenvalue weighted by Gasteiger charge is -2.19. The third kappa shape index (κ3) is 1.94. The van der Waals surface area contributed by atoms with E-state index in [-0.39, 0.29) is 12.5 Å². The number of amides is 1. The Hall–Kier alpha value is -0.640. The summed E-state index contributed by atoms with van der Waals surface area (Å²) in [5, 5.41) is 0. The SMILES string of the molecule is C[C@@H](N)C(=O)N1CCC(C)(F)C1. The molecule has 1 aliphatic rings. The molecule has 0 saturated carbocycles. The number of halogens is 1. The van der Waals surface area contributed by atoms with Gasteiger partial charge in [-0.15, -0.1) is 0 Å². The third-order valence-corrected chi connectivity index (χ3v) is 2.12. The lowest BCUT2D eigenvalue weighted by Crippen LogP contribution is -2.41. The second-order valence-corrected chi connectivity index (χ2v) is 3.71. The summed E-state index contributed by atoms with van der Waals surface area (Å²) in [5.41, 5.74) is 4.17. The molecule has 0 aliphatic carbocycles. The Balaban J connectivity index is 2.53. The van der Waals surface area contributed by atoms with E-state index in [2.05, 4.69) is 0 Å². The molecule has 1 saturated heterocycles. The fourth-order valence-corrected chi connectivity index (χ4v) is 1.40. The first-order valence-corrected chi connectivity index (χ1v) is 4.16. The molecule has 0 aromatic carbocycles. The molecular weight excluding hydrogens is 159 g/mol. The van der Waals surface area contributed by atoms with Gasteiger partial charge in [0.05, 0.1) is 12.6 Å². The molecule has 1 amide bonds. The Morgan fingerprint density at radius 1 is 1.75 bits per heavy atom. The summed E-state index contributed by atoms with van der Waals surface area (Å²) in [7, 11) is 0. The topological polar surface area (TPSA) is 46.3 Å². The van der Waals surface area contributed by atoms with Gasteiger partial charge in [0.25, 0.3) is 0 Å². The molecule has 0 aromatic heterocycles. The lowest BCUT2D eigenvalue weighted by molar-refractivity contribution is -0.131. The van der Waals surface area contributed by atoms with Crippen molar-refractivity contribution in [1.29, 1.82) is 0 Å². The minimum Gasteiger partial charge on any atom is -0.338 e. The van der Waals surface area contributed by atoms with E-state index in [0.29, 0.717) is 13.0 Å². The molecule has 2 N–H and O–H groups in total. The number of alkyl halides is 1. The minimum atomic E-state index is -1.22. The first kappa shape index (κ1) is 9.45. The van der Waals surface area contributed by atoms with E-state index in [9.17, 15) is 9.18 Å². The highest BCUT2D eigenvalue weighted by Gasteiger charge is 2.36. The van der Waals surface area contributed by atoms with Gasteiger partial charge < -0.3 is 10.6 Å². The molecule has 0 spiro atoms. The number of hydrogen-bond acceptors (Lipinski definition) is 2. The van der Waals surface area contributed by atoms with E-state index in [1.54, 1.807) is 6.92 Å². The van der Waals surface area contributed by atoms with Crippen LogP contribution in [-0.2, 0) is 4.79 Å². The summed E-state index contributed by atoms with van der Waals surface area (Å²) in [4.78, 5) is 12.8. The van der Waals surface area contributed by atoms with Gasteiger partial charge in [0.2, 0.25) is 5.91 Å². The van der Waals surface area contributed by atoms with Crippen LogP contribution < -0.4 is 5.73 Å². The van der Waals surface area contributed by atoms with Crippen molar-refractivity contribution in [2.75, 3.05) is 13.1 Å². The maximum Gasteiger partial charge on any atom is 0.239 e. The van der Waals surface area contributed by atoms with Crippen LogP contribution in [0.4, 0.5) is 4.39 Å². The van der Waals surface area contributed by atoms with Crippen molar-refractivity contribution >= 4 is 5.91 Å². The van der Waals surface area contributed by atoms with E-state index in [0.717, 1.165) is 0 Å². The average Bonchev–Trinajstić information content (AvgIpc) is 2.28. The maximum atomic E-state index is 13.3. The van der Waals surface area contributed by atoms with Crippen LogP contribution in [0.15, 0.2) is 0 Å². The van der Waals surface area contributed by atoms with Crippen molar-refractivity contribution in [3.63, 3.8) is 0 Å². The highest BCUT2D eigenvalue weighted by Crippen LogP contribution is 2.24. The van der Waals surface area contributed by atoms with Crippen molar-refractivity contribution in [2.45, 2.75) is 32.0 Å². The van der Waals surface area contributed by atoms with Crippen molar-refractivity contribution in [2.24, 2.45) is 5.73 Å². The Morgan fingerprint density at radius 2 is 2.33 bits per heavy atom. The van der Waals surface area contributed by atoms with Gasteiger partial charge in [-0.05, 0) is 13.8 Å².